The van der Waals surface area contributed by atoms with Gasteiger partial charge in [-0.3, -0.25) is 9.48 Å². The summed E-state index contributed by atoms with van der Waals surface area (Å²) in [5.41, 5.74) is 2.13. The number of aryl methyl sites for hydroxylation is 2. The fourth-order valence-electron chi connectivity index (χ4n) is 2.00. The number of amides is 1. The van der Waals surface area contributed by atoms with Crippen LogP contribution < -0.4 is 5.32 Å². The van der Waals surface area contributed by atoms with E-state index in [0.29, 0.717) is 29.2 Å². The first-order chi connectivity index (χ1) is 9.90. The second-order valence-corrected chi connectivity index (χ2v) is 5.55. The lowest BCUT2D eigenvalue weighted by molar-refractivity contribution is 0.0690. The zero-order valence-corrected chi connectivity index (χ0v) is 12.8. The van der Waals surface area contributed by atoms with Crippen LogP contribution in [0.5, 0.6) is 0 Å². The number of carboxylic acid groups (broad SMARTS) is 1. The first-order valence-corrected chi connectivity index (χ1v) is 7.24. The maximum Gasteiger partial charge on any atom is 0.355 e. The minimum atomic E-state index is -1.04. The van der Waals surface area contributed by atoms with E-state index >= 15 is 0 Å². The smallest absolute Gasteiger partial charge is 0.355 e. The first-order valence-electron chi connectivity index (χ1n) is 6.36. The van der Waals surface area contributed by atoms with Crippen LogP contribution >= 0.6 is 11.3 Å². The number of thiazole rings is 1. The van der Waals surface area contributed by atoms with Crippen molar-refractivity contribution in [1.82, 2.24) is 20.1 Å². The van der Waals surface area contributed by atoms with Gasteiger partial charge in [-0.05, 0) is 13.8 Å². The molecule has 0 aliphatic rings. The zero-order valence-electron chi connectivity index (χ0n) is 12.0. The van der Waals surface area contributed by atoms with Gasteiger partial charge in [0.05, 0.1) is 16.3 Å². The Morgan fingerprint density at radius 2 is 2.14 bits per heavy atom. The number of aromatic carboxylic acids is 1. The average Bonchev–Trinajstić information content (AvgIpc) is 2.96. The number of nitrogens with one attached hydrogen (secondary N) is 1. The van der Waals surface area contributed by atoms with Gasteiger partial charge in [-0.1, -0.05) is 0 Å². The summed E-state index contributed by atoms with van der Waals surface area (Å²) in [4.78, 5) is 26.8. The highest BCUT2D eigenvalue weighted by Gasteiger charge is 2.17. The summed E-state index contributed by atoms with van der Waals surface area (Å²) < 4.78 is 1.67. The predicted molar refractivity (Wildman–Crippen MR) is 77.8 cm³/mol. The van der Waals surface area contributed by atoms with Crippen LogP contribution in [-0.4, -0.2) is 38.3 Å². The summed E-state index contributed by atoms with van der Waals surface area (Å²) >= 11 is 1.28. The average molecular weight is 308 g/mol. The Labute approximate surface area is 125 Å². The minimum absolute atomic E-state index is 0.0419. The maximum atomic E-state index is 12.1. The molecule has 2 rings (SSSR count). The molecular formula is C13H16N4O3S. The summed E-state index contributed by atoms with van der Waals surface area (Å²) in [5.74, 6) is -1.21. The number of carbonyl (C=O) groups is 2. The Kier molecular flexibility index (Phi) is 4.37. The molecule has 7 nitrogen and oxygen atoms in total. The number of carboxylic acids is 1. The van der Waals surface area contributed by atoms with Crippen LogP contribution in [0.2, 0.25) is 0 Å². The van der Waals surface area contributed by atoms with Crippen molar-refractivity contribution in [3.8, 4) is 0 Å². The largest absolute Gasteiger partial charge is 0.476 e. The second kappa shape index (κ2) is 6.04. The van der Waals surface area contributed by atoms with Gasteiger partial charge in [0.1, 0.15) is 0 Å². The van der Waals surface area contributed by atoms with Gasteiger partial charge < -0.3 is 10.4 Å². The molecule has 2 heterocycles. The van der Waals surface area contributed by atoms with E-state index in [4.69, 9.17) is 5.11 Å². The van der Waals surface area contributed by atoms with Gasteiger partial charge in [0, 0.05) is 31.1 Å². The molecule has 0 radical (unpaired) electrons. The van der Waals surface area contributed by atoms with E-state index in [9.17, 15) is 9.59 Å². The lowest BCUT2D eigenvalue weighted by atomic mass is 10.2. The third-order valence-corrected chi connectivity index (χ3v) is 4.04. The zero-order chi connectivity index (χ0) is 15.6. The predicted octanol–water partition coefficient (Wildman–Crippen LogP) is 1.16. The number of nitrogens with zero attached hydrogens (tertiary/aromatic N) is 3. The molecule has 112 valence electrons. The molecule has 0 aliphatic carbocycles. The third kappa shape index (κ3) is 3.27. The van der Waals surface area contributed by atoms with Gasteiger partial charge in [0.2, 0.25) is 0 Å². The van der Waals surface area contributed by atoms with Crippen LogP contribution in [0, 0.1) is 13.8 Å². The number of carbonyl (C=O) groups excluding carboxylic acids is 1. The van der Waals surface area contributed by atoms with Gasteiger partial charge in [0.25, 0.3) is 5.91 Å². The monoisotopic (exact) mass is 308 g/mol. The molecule has 0 bridgehead atoms. The molecule has 2 aromatic rings. The van der Waals surface area contributed by atoms with Crippen molar-refractivity contribution < 1.29 is 14.7 Å². The number of hydrogen-bond acceptors (Lipinski definition) is 5. The van der Waals surface area contributed by atoms with E-state index in [1.165, 1.54) is 16.7 Å². The van der Waals surface area contributed by atoms with Crippen LogP contribution in [0.4, 0.5) is 0 Å². The van der Waals surface area contributed by atoms with Crippen LogP contribution in [0.25, 0.3) is 0 Å². The highest BCUT2D eigenvalue weighted by atomic mass is 32.1. The molecule has 0 aromatic carbocycles. The van der Waals surface area contributed by atoms with Crippen LogP contribution in [0.3, 0.4) is 0 Å². The van der Waals surface area contributed by atoms with Crippen molar-refractivity contribution in [1.29, 1.82) is 0 Å². The number of rotatable bonds is 5. The molecule has 0 unspecified atom stereocenters. The fourth-order valence-corrected chi connectivity index (χ4v) is 2.77. The van der Waals surface area contributed by atoms with E-state index in [1.807, 2.05) is 6.92 Å². The summed E-state index contributed by atoms with van der Waals surface area (Å²) in [6.45, 7) is 4.04. The molecule has 2 N–H and O–H groups in total. The number of hydrogen-bond donors (Lipinski definition) is 2. The standard InChI is InChI=1S/C13H16N4O3S/c1-7-11(8(2)17(3)16-7)12(18)14-5-4-10-15-9(6-21-10)13(19)20/h6H,4-5H2,1-3H3,(H,14,18)(H,19,20). The Bertz CT molecular complexity index is 690. The summed E-state index contributed by atoms with van der Waals surface area (Å²) in [7, 11) is 1.79. The second-order valence-electron chi connectivity index (χ2n) is 4.61. The van der Waals surface area contributed by atoms with Crippen LogP contribution in [-0.2, 0) is 13.5 Å². The molecule has 0 aliphatic heterocycles. The van der Waals surface area contributed by atoms with Crippen molar-refractivity contribution in [2.45, 2.75) is 20.3 Å². The van der Waals surface area contributed by atoms with E-state index in [2.05, 4.69) is 15.4 Å². The Balaban J connectivity index is 1.93. The van der Waals surface area contributed by atoms with Crippen molar-refractivity contribution in [2.24, 2.45) is 7.05 Å². The van der Waals surface area contributed by atoms with E-state index in [0.717, 1.165) is 5.69 Å². The molecule has 21 heavy (non-hydrogen) atoms. The van der Waals surface area contributed by atoms with Crippen molar-refractivity contribution in [3.63, 3.8) is 0 Å². The molecular weight excluding hydrogens is 292 g/mol. The van der Waals surface area contributed by atoms with Crippen molar-refractivity contribution in [3.05, 3.63) is 33.0 Å². The third-order valence-electron chi connectivity index (χ3n) is 3.13. The molecule has 0 fully saturated rings. The Morgan fingerprint density at radius 1 is 1.43 bits per heavy atom. The quantitative estimate of drug-likeness (QED) is 0.864. The summed E-state index contributed by atoms with van der Waals surface area (Å²) in [6.07, 6.45) is 0.502. The number of aromatic nitrogens is 3. The molecule has 0 saturated carbocycles. The van der Waals surface area contributed by atoms with Gasteiger partial charge in [-0.15, -0.1) is 11.3 Å². The van der Waals surface area contributed by atoms with Crippen molar-refractivity contribution in [2.75, 3.05) is 6.54 Å². The van der Waals surface area contributed by atoms with Gasteiger partial charge in [-0.2, -0.15) is 5.10 Å². The van der Waals surface area contributed by atoms with E-state index in [-0.39, 0.29) is 11.6 Å². The Morgan fingerprint density at radius 3 is 2.67 bits per heavy atom. The lowest BCUT2D eigenvalue weighted by Gasteiger charge is -2.04. The summed E-state index contributed by atoms with van der Waals surface area (Å²) in [6, 6.07) is 0. The molecule has 0 atom stereocenters. The Hall–Kier alpha value is -2.22. The van der Waals surface area contributed by atoms with Gasteiger partial charge >= 0.3 is 5.97 Å². The summed E-state index contributed by atoms with van der Waals surface area (Å²) in [5, 5.41) is 18.0. The molecule has 2 aromatic heterocycles. The fraction of sp³-hybridized carbons (Fsp3) is 0.385. The van der Waals surface area contributed by atoms with E-state index < -0.39 is 5.97 Å². The van der Waals surface area contributed by atoms with Crippen LogP contribution in [0.1, 0.15) is 37.2 Å². The normalized spacial score (nSPS) is 10.6. The lowest BCUT2D eigenvalue weighted by Crippen LogP contribution is -2.26. The minimum Gasteiger partial charge on any atom is -0.476 e. The van der Waals surface area contributed by atoms with Gasteiger partial charge in [0.15, 0.2) is 5.69 Å². The van der Waals surface area contributed by atoms with Crippen LogP contribution in [0.15, 0.2) is 5.38 Å². The van der Waals surface area contributed by atoms with E-state index in [1.54, 1.807) is 18.7 Å². The molecule has 8 heteroatoms. The molecule has 0 spiro atoms. The SMILES string of the molecule is Cc1nn(C)c(C)c1C(=O)NCCc1nc(C(=O)O)cs1. The molecule has 0 saturated heterocycles. The highest BCUT2D eigenvalue weighted by molar-refractivity contribution is 7.09. The molecule has 1 amide bonds. The maximum absolute atomic E-state index is 12.1. The van der Waals surface area contributed by atoms with Crippen molar-refractivity contribution >= 4 is 23.2 Å². The topological polar surface area (TPSA) is 97.1 Å². The highest BCUT2D eigenvalue weighted by Crippen LogP contribution is 2.12. The first kappa shape index (κ1) is 15.2. The van der Waals surface area contributed by atoms with Gasteiger partial charge in [-0.25, -0.2) is 9.78 Å².